The van der Waals surface area contributed by atoms with Gasteiger partial charge in [-0.1, -0.05) is 13.8 Å². The van der Waals surface area contributed by atoms with Crippen LogP contribution in [0.3, 0.4) is 0 Å². The standard InChI is InChI=1S/C16H25N3O4S2.ClH/c1-16(2)11-18(4-3-13(16)17)15(20)12-9-14(24-10-12)25(21,22)19-5-7-23-8-6-19;/h9-10,13H,3-8,11,17H2,1-2H3;1H. The molecule has 7 nitrogen and oxygen atoms in total. The van der Waals surface area contributed by atoms with Crippen molar-refractivity contribution in [2.24, 2.45) is 11.1 Å². The fraction of sp³-hybridized carbons (Fsp3) is 0.688. The molecule has 0 radical (unpaired) electrons. The number of amides is 1. The van der Waals surface area contributed by atoms with Gasteiger partial charge in [0.05, 0.1) is 18.8 Å². The number of sulfonamides is 1. The van der Waals surface area contributed by atoms with Crippen LogP contribution in [0.25, 0.3) is 0 Å². The van der Waals surface area contributed by atoms with Gasteiger partial charge in [0.1, 0.15) is 4.21 Å². The topological polar surface area (TPSA) is 92.9 Å². The van der Waals surface area contributed by atoms with Gasteiger partial charge in [0.25, 0.3) is 15.9 Å². The minimum Gasteiger partial charge on any atom is -0.379 e. The number of thiophene rings is 1. The van der Waals surface area contributed by atoms with E-state index >= 15 is 0 Å². The summed E-state index contributed by atoms with van der Waals surface area (Å²) in [7, 11) is -3.56. The first kappa shape index (κ1) is 21.6. The average Bonchev–Trinajstić information content (AvgIpc) is 3.08. The number of rotatable bonds is 3. The molecule has 3 rings (SSSR count). The molecule has 1 amide bonds. The molecule has 3 heterocycles. The first-order valence-corrected chi connectivity index (χ1v) is 10.7. The normalized spacial score (nSPS) is 24.1. The lowest BCUT2D eigenvalue weighted by Crippen LogP contribution is -2.53. The maximum absolute atomic E-state index is 12.8. The summed E-state index contributed by atoms with van der Waals surface area (Å²) in [5.74, 6) is -0.125. The maximum atomic E-state index is 12.8. The van der Waals surface area contributed by atoms with Crippen LogP contribution in [0.15, 0.2) is 15.7 Å². The van der Waals surface area contributed by atoms with Crippen molar-refractivity contribution < 1.29 is 17.9 Å². The molecule has 1 aromatic heterocycles. The van der Waals surface area contributed by atoms with E-state index in [0.29, 0.717) is 45.0 Å². The highest BCUT2D eigenvalue weighted by Gasteiger charge is 2.36. The minimum absolute atomic E-state index is 0. The smallest absolute Gasteiger partial charge is 0.254 e. The van der Waals surface area contributed by atoms with E-state index in [0.717, 1.165) is 17.8 Å². The molecule has 2 aliphatic heterocycles. The Morgan fingerprint density at radius 3 is 2.58 bits per heavy atom. The van der Waals surface area contributed by atoms with Crippen LogP contribution >= 0.6 is 23.7 Å². The number of nitrogens with two attached hydrogens (primary N) is 1. The fourth-order valence-electron chi connectivity index (χ4n) is 3.21. The Bertz CT molecular complexity index is 744. The number of likely N-dealkylation sites (tertiary alicyclic amines) is 1. The molecule has 0 saturated carbocycles. The summed E-state index contributed by atoms with van der Waals surface area (Å²) in [5.41, 5.74) is 6.41. The monoisotopic (exact) mass is 423 g/mol. The van der Waals surface area contributed by atoms with Crippen molar-refractivity contribution in [3.63, 3.8) is 0 Å². The Hall–Kier alpha value is -0.710. The molecule has 0 spiro atoms. The van der Waals surface area contributed by atoms with Gasteiger partial charge in [-0.3, -0.25) is 4.79 Å². The number of piperidine rings is 1. The van der Waals surface area contributed by atoms with Crippen LogP contribution in [0.2, 0.25) is 0 Å². The van der Waals surface area contributed by atoms with Crippen molar-refractivity contribution >= 4 is 39.7 Å². The predicted molar refractivity (Wildman–Crippen MR) is 103 cm³/mol. The Kier molecular flexibility index (Phi) is 6.74. The first-order valence-electron chi connectivity index (χ1n) is 8.43. The molecule has 148 valence electrons. The number of nitrogens with zero attached hydrogens (tertiary/aromatic N) is 2. The highest BCUT2D eigenvalue weighted by molar-refractivity contribution is 7.91. The third-order valence-electron chi connectivity index (χ3n) is 4.99. The minimum atomic E-state index is -3.56. The molecule has 2 N–H and O–H groups in total. The van der Waals surface area contributed by atoms with Crippen LogP contribution in [-0.2, 0) is 14.8 Å². The van der Waals surface area contributed by atoms with Gasteiger partial charge >= 0.3 is 0 Å². The average molecular weight is 424 g/mol. The van der Waals surface area contributed by atoms with Gasteiger partial charge in [0, 0.05) is 37.6 Å². The zero-order valence-corrected chi connectivity index (χ0v) is 17.5. The quantitative estimate of drug-likeness (QED) is 0.792. The lowest BCUT2D eigenvalue weighted by Gasteiger charge is -2.42. The molecule has 2 fully saturated rings. The summed E-state index contributed by atoms with van der Waals surface area (Å²) in [6.45, 7) is 6.79. The second-order valence-electron chi connectivity index (χ2n) is 7.28. The van der Waals surface area contributed by atoms with Gasteiger partial charge in [0.15, 0.2) is 0 Å². The molecule has 1 unspecified atom stereocenters. The van der Waals surface area contributed by atoms with Crippen LogP contribution in [0, 0.1) is 5.41 Å². The molecule has 1 atom stereocenters. The molecular weight excluding hydrogens is 398 g/mol. The lowest BCUT2D eigenvalue weighted by atomic mass is 9.79. The second kappa shape index (κ2) is 8.12. The van der Waals surface area contributed by atoms with E-state index in [1.807, 2.05) is 0 Å². The fourth-order valence-corrected chi connectivity index (χ4v) is 5.92. The lowest BCUT2D eigenvalue weighted by molar-refractivity contribution is 0.0533. The van der Waals surface area contributed by atoms with Gasteiger partial charge in [-0.05, 0) is 17.9 Å². The Morgan fingerprint density at radius 2 is 1.96 bits per heavy atom. The number of hydrogen-bond donors (Lipinski definition) is 1. The van der Waals surface area contributed by atoms with Gasteiger partial charge < -0.3 is 15.4 Å². The molecule has 2 aliphatic rings. The summed E-state index contributed by atoms with van der Waals surface area (Å²) in [6.07, 6.45) is 0.752. The van der Waals surface area contributed by atoms with E-state index < -0.39 is 10.0 Å². The van der Waals surface area contributed by atoms with Gasteiger partial charge in [-0.25, -0.2) is 8.42 Å². The van der Waals surface area contributed by atoms with Crippen LogP contribution in [0.5, 0.6) is 0 Å². The van der Waals surface area contributed by atoms with E-state index in [-0.39, 0.29) is 34.0 Å². The number of carbonyl (C=O) groups is 1. The molecule has 1 aromatic rings. The van der Waals surface area contributed by atoms with Crippen molar-refractivity contribution in [2.75, 3.05) is 39.4 Å². The molecule has 2 saturated heterocycles. The zero-order chi connectivity index (χ0) is 18.2. The van der Waals surface area contributed by atoms with Crippen LogP contribution < -0.4 is 5.73 Å². The van der Waals surface area contributed by atoms with E-state index in [2.05, 4.69) is 13.8 Å². The van der Waals surface area contributed by atoms with E-state index in [9.17, 15) is 13.2 Å². The Labute approximate surface area is 164 Å². The van der Waals surface area contributed by atoms with Crippen molar-refractivity contribution in [3.05, 3.63) is 17.0 Å². The second-order valence-corrected chi connectivity index (χ2v) is 10.4. The van der Waals surface area contributed by atoms with Crippen molar-refractivity contribution in [1.82, 2.24) is 9.21 Å². The van der Waals surface area contributed by atoms with Gasteiger partial charge in [-0.15, -0.1) is 23.7 Å². The third kappa shape index (κ3) is 4.23. The number of carbonyl (C=O) groups excluding carboxylic acids is 1. The zero-order valence-electron chi connectivity index (χ0n) is 15.0. The SMILES string of the molecule is CC1(C)CN(C(=O)c2csc(S(=O)(=O)N3CCOCC3)c2)CCC1N.Cl. The van der Waals surface area contributed by atoms with Crippen LogP contribution in [0.1, 0.15) is 30.6 Å². The van der Waals surface area contributed by atoms with Gasteiger partial charge in [-0.2, -0.15) is 4.31 Å². The number of hydrogen-bond acceptors (Lipinski definition) is 6. The summed E-state index contributed by atoms with van der Waals surface area (Å²) < 4.78 is 32.2. The number of ether oxygens (including phenoxy) is 1. The highest BCUT2D eigenvalue weighted by atomic mass is 35.5. The maximum Gasteiger partial charge on any atom is 0.254 e. The molecule has 26 heavy (non-hydrogen) atoms. The van der Waals surface area contributed by atoms with Crippen LogP contribution in [0.4, 0.5) is 0 Å². The highest BCUT2D eigenvalue weighted by Crippen LogP contribution is 2.30. The summed E-state index contributed by atoms with van der Waals surface area (Å²) in [6, 6.07) is 1.57. The largest absolute Gasteiger partial charge is 0.379 e. The summed E-state index contributed by atoms with van der Waals surface area (Å²) in [5, 5.41) is 1.64. The van der Waals surface area contributed by atoms with E-state index in [1.54, 1.807) is 10.3 Å². The molecule has 0 aliphatic carbocycles. The van der Waals surface area contributed by atoms with Crippen molar-refractivity contribution in [1.29, 1.82) is 0 Å². The third-order valence-corrected chi connectivity index (χ3v) is 8.30. The molecule has 0 bridgehead atoms. The Balaban J connectivity index is 0.00000243. The summed E-state index contributed by atoms with van der Waals surface area (Å²) >= 11 is 1.10. The molecular formula is C16H26ClN3O4S2. The van der Waals surface area contributed by atoms with E-state index in [4.69, 9.17) is 10.5 Å². The first-order chi connectivity index (χ1) is 11.7. The predicted octanol–water partition coefficient (Wildman–Crippen LogP) is 1.39. The van der Waals surface area contributed by atoms with Crippen LogP contribution in [-0.4, -0.2) is 69.0 Å². The summed E-state index contributed by atoms with van der Waals surface area (Å²) in [4.78, 5) is 14.5. The number of morpholine rings is 1. The number of halogens is 1. The molecule has 0 aromatic carbocycles. The van der Waals surface area contributed by atoms with Crippen molar-refractivity contribution in [2.45, 2.75) is 30.5 Å². The molecule has 10 heteroatoms. The Morgan fingerprint density at radius 1 is 1.31 bits per heavy atom. The van der Waals surface area contributed by atoms with Gasteiger partial charge in [0.2, 0.25) is 0 Å². The van der Waals surface area contributed by atoms with E-state index in [1.165, 1.54) is 10.4 Å². The van der Waals surface area contributed by atoms with Crippen molar-refractivity contribution in [3.8, 4) is 0 Å².